The van der Waals surface area contributed by atoms with Gasteiger partial charge in [0.1, 0.15) is 0 Å². The normalized spacial score (nSPS) is 32.3. The molecule has 2 fully saturated rings. The van der Waals surface area contributed by atoms with Crippen LogP contribution in [-0.2, 0) is 4.74 Å². The van der Waals surface area contributed by atoms with Crippen molar-refractivity contribution in [3.63, 3.8) is 0 Å². The highest BCUT2D eigenvalue weighted by molar-refractivity contribution is 5.07. The van der Waals surface area contributed by atoms with Gasteiger partial charge in [-0.15, -0.1) is 0 Å². The van der Waals surface area contributed by atoms with Gasteiger partial charge in [-0.2, -0.15) is 4.98 Å². The molecule has 6 heteroatoms. The summed E-state index contributed by atoms with van der Waals surface area (Å²) in [5.74, 6) is -1.86. The SMILES string of the molecule is CC(C)(C)[C@H]1OCC[C@@H]1c1noc(C2CCCC(F)(F)C2)n1. The van der Waals surface area contributed by atoms with E-state index >= 15 is 0 Å². The topological polar surface area (TPSA) is 48.2 Å². The first kappa shape index (κ1) is 15.8. The summed E-state index contributed by atoms with van der Waals surface area (Å²) in [6.45, 7) is 7.05. The maximum absolute atomic E-state index is 13.6. The number of hydrogen-bond donors (Lipinski definition) is 0. The van der Waals surface area contributed by atoms with E-state index in [-0.39, 0.29) is 36.2 Å². The number of hydrogen-bond acceptors (Lipinski definition) is 4. The lowest BCUT2D eigenvalue weighted by Crippen LogP contribution is -2.30. The molecule has 1 aromatic heterocycles. The van der Waals surface area contributed by atoms with Gasteiger partial charge >= 0.3 is 0 Å². The molecule has 3 rings (SSSR count). The van der Waals surface area contributed by atoms with Gasteiger partial charge in [0, 0.05) is 25.4 Å². The molecule has 1 aromatic rings. The summed E-state index contributed by atoms with van der Waals surface area (Å²) in [4.78, 5) is 4.45. The summed E-state index contributed by atoms with van der Waals surface area (Å²) in [6, 6.07) is 0. The number of alkyl halides is 2. The molecule has 1 saturated heterocycles. The third kappa shape index (κ3) is 3.16. The molecule has 1 aliphatic heterocycles. The Hall–Kier alpha value is -1.04. The Balaban J connectivity index is 1.76. The smallest absolute Gasteiger partial charge is 0.248 e. The van der Waals surface area contributed by atoms with Crippen LogP contribution in [0.15, 0.2) is 4.52 Å². The van der Waals surface area contributed by atoms with Gasteiger partial charge < -0.3 is 9.26 Å². The molecule has 2 aliphatic rings. The highest BCUT2D eigenvalue weighted by Gasteiger charge is 2.42. The molecule has 2 heterocycles. The van der Waals surface area contributed by atoms with Gasteiger partial charge in [-0.25, -0.2) is 8.78 Å². The molecule has 0 aromatic carbocycles. The van der Waals surface area contributed by atoms with Crippen LogP contribution < -0.4 is 0 Å². The van der Waals surface area contributed by atoms with Gasteiger partial charge in [-0.3, -0.25) is 0 Å². The van der Waals surface area contributed by atoms with E-state index in [0.29, 0.717) is 31.2 Å². The second-order valence-electron chi connectivity index (χ2n) is 7.69. The molecule has 22 heavy (non-hydrogen) atoms. The number of rotatable bonds is 2. The van der Waals surface area contributed by atoms with E-state index < -0.39 is 5.92 Å². The lowest BCUT2D eigenvalue weighted by atomic mass is 9.81. The number of ether oxygens (including phenoxy) is 1. The quantitative estimate of drug-likeness (QED) is 0.817. The Morgan fingerprint density at radius 2 is 2.00 bits per heavy atom. The predicted octanol–water partition coefficient (Wildman–Crippen LogP) is 4.28. The number of halogens is 2. The summed E-state index contributed by atoms with van der Waals surface area (Å²) in [6.07, 6.45) is 1.87. The molecule has 0 radical (unpaired) electrons. The third-order valence-electron chi connectivity index (χ3n) is 4.72. The first-order valence-electron chi connectivity index (χ1n) is 8.09. The molecule has 0 amide bonds. The fourth-order valence-corrected chi connectivity index (χ4v) is 3.65. The van der Waals surface area contributed by atoms with Gasteiger partial charge in [0.25, 0.3) is 0 Å². The Morgan fingerprint density at radius 1 is 1.23 bits per heavy atom. The van der Waals surface area contributed by atoms with Crippen molar-refractivity contribution in [2.45, 2.75) is 76.7 Å². The minimum atomic E-state index is -2.61. The van der Waals surface area contributed by atoms with E-state index in [1.165, 1.54) is 0 Å². The van der Waals surface area contributed by atoms with E-state index in [9.17, 15) is 8.78 Å². The fraction of sp³-hybridized carbons (Fsp3) is 0.875. The first-order valence-corrected chi connectivity index (χ1v) is 8.09. The van der Waals surface area contributed by atoms with Crippen molar-refractivity contribution in [2.24, 2.45) is 5.41 Å². The van der Waals surface area contributed by atoms with Gasteiger partial charge in [-0.05, 0) is 24.7 Å². The Kier molecular flexibility index (Phi) is 4.00. The highest BCUT2D eigenvalue weighted by atomic mass is 19.3. The highest BCUT2D eigenvalue weighted by Crippen LogP contribution is 2.43. The lowest BCUT2D eigenvalue weighted by Gasteiger charge is -2.29. The van der Waals surface area contributed by atoms with Crippen LogP contribution in [0.4, 0.5) is 8.78 Å². The summed E-state index contributed by atoms with van der Waals surface area (Å²) in [5.41, 5.74) is -0.0141. The average molecular weight is 314 g/mol. The summed E-state index contributed by atoms with van der Waals surface area (Å²) in [7, 11) is 0. The molecular formula is C16H24F2N2O2. The van der Waals surface area contributed by atoms with Crippen molar-refractivity contribution in [3.8, 4) is 0 Å². The molecule has 3 atom stereocenters. The van der Waals surface area contributed by atoms with Crippen molar-refractivity contribution in [1.82, 2.24) is 10.1 Å². The Morgan fingerprint density at radius 3 is 2.68 bits per heavy atom. The van der Waals surface area contributed by atoms with Crippen molar-refractivity contribution in [2.75, 3.05) is 6.61 Å². The zero-order chi connectivity index (χ0) is 16.0. The molecule has 1 aliphatic carbocycles. The molecule has 0 spiro atoms. The van der Waals surface area contributed by atoms with Crippen LogP contribution in [0.25, 0.3) is 0 Å². The third-order valence-corrected chi connectivity index (χ3v) is 4.72. The predicted molar refractivity (Wildman–Crippen MR) is 77.0 cm³/mol. The lowest BCUT2D eigenvalue weighted by molar-refractivity contribution is -0.0440. The maximum Gasteiger partial charge on any atom is 0.248 e. The Labute approximate surface area is 129 Å². The minimum absolute atomic E-state index is 0.0141. The zero-order valence-corrected chi connectivity index (χ0v) is 13.4. The van der Waals surface area contributed by atoms with Crippen LogP contribution in [0.1, 0.15) is 76.4 Å². The largest absolute Gasteiger partial charge is 0.377 e. The van der Waals surface area contributed by atoms with Crippen LogP contribution in [0.2, 0.25) is 0 Å². The number of aromatic nitrogens is 2. The molecule has 1 unspecified atom stereocenters. The average Bonchev–Trinajstić information content (AvgIpc) is 3.05. The van der Waals surface area contributed by atoms with Crippen LogP contribution in [0.5, 0.6) is 0 Å². The molecule has 124 valence electrons. The van der Waals surface area contributed by atoms with Crippen LogP contribution in [0.3, 0.4) is 0 Å². The fourth-order valence-electron chi connectivity index (χ4n) is 3.65. The molecule has 4 nitrogen and oxygen atoms in total. The summed E-state index contributed by atoms with van der Waals surface area (Å²) < 4.78 is 38.3. The maximum atomic E-state index is 13.6. The van der Waals surface area contributed by atoms with Crippen molar-refractivity contribution >= 4 is 0 Å². The van der Waals surface area contributed by atoms with Crippen molar-refractivity contribution in [1.29, 1.82) is 0 Å². The summed E-state index contributed by atoms with van der Waals surface area (Å²) in [5, 5.41) is 4.07. The zero-order valence-electron chi connectivity index (χ0n) is 13.4. The Bertz CT molecular complexity index is 524. The van der Waals surface area contributed by atoms with Crippen LogP contribution in [-0.4, -0.2) is 28.8 Å². The van der Waals surface area contributed by atoms with Crippen LogP contribution >= 0.6 is 0 Å². The summed E-state index contributed by atoms with van der Waals surface area (Å²) >= 11 is 0. The van der Waals surface area contributed by atoms with Crippen molar-refractivity contribution < 1.29 is 18.0 Å². The molecule has 0 N–H and O–H groups in total. The van der Waals surface area contributed by atoms with Gasteiger partial charge in [0.05, 0.1) is 12.0 Å². The van der Waals surface area contributed by atoms with E-state index in [1.54, 1.807) is 0 Å². The number of nitrogens with zero attached hydrogens (tertiary/aromatic N) is 2. The first-order chi connectivity index (χ1) is 10.3. The second-order valence-corrected chi connectivity index (χ2v) is 7.69. The van der Waals surface area contributed by atoms with Gasteiger partial charge in [-0.1, -0.05) is 25.9 Å². The van der Waals surface area contributed by atoms with E-state index in [2.05, 4.69) is 30.9 Å². The van der Waals surface area contributed by atoms with Crippen molar-refractivity contribution in [3.05, 3.63) is 11.7 Å². The molecule has 0 bridgehead atoms. The van der Waals surface area contributed by atoms with Crippen LogP contribution in [0, 0.1) is 5.41 Å². The van der Waals surface area contributed by atoms with E-state index in [1.807, 2.05) is 0 Å². The molecular weight excluding hydrogens is 290 g/mol. The van der Waals surface area contributed by atoms with E-state index in [0.717, 1.165) is 6.42 Å². The van der Waals surface area contributed by atoms with Gasteiger partial charge in [0.2, 0.25) is 11.8 Å². The van der Waals surface area contributed by atoms with Gasteiger partial charge in [0.15, 0.2) is 5.82 Å². The monoisotopic (exact) mass is 314 g/mol. The standard InChI is InChI=1S/C16H24F2N2O2/c1-15(2,3)12-11(6-8-21-12)13-19-14(22-20-13)10-5-4-7-16(17,18)9-10/h10-12H,4-9H2,1-3H3/t10?,11-,12-/m0/s1. The molecule has 1 saturated carbocycles. The second kappa shape index (κ2) is 5.55. The minimum Gasteiger partial charge on any atom is -0.377 e. The van der Waals surface area contributed by atoms with E-state index in [4.69, 9.17) is 9.26 Å².